The van der Waals surface area contributed by atoms with E-state index in [0.29, 0.717) is 0 Å². The SMILES string of the molecule is Cc1nc(CC2CCCO2)ncc1[C@@H](C)O. The van der Waals surface area contributed by atoms with Crippen molar-refractivity contribution in [2.75, 3.05) is 6.61 Å². The van der Waals surface area contributed by atoms with E-state index >= 15 is 0 Å². The predicted molar refractivity (Wildman–Crippen MR) is 60.1 cm³/mol. The summed E-state index contributed by atoms with van der Waals surface area (Å²) in [7, 11) is 0. The van der Waals surface area contributed by atoms with Gasteiger partial charge in [-0.2, -0.15) is 0 Å². The molecule has 0 bridgehead atoms. The highest BCUT2D eigenvalue weighted by Crippen LogP contribution is 2.18. The summed E-state index contributed by atoms with van der Waals surface area (Å²) in [5.41, 5.74) is 1.66. The summed E-state index contributed by atoms with van der Waals surface area (Å²) in [5, 5.41) is 9.47. The third kappa shape index (κ3) is 2.57. The summed E-state index contributed by atoms with van der Waals surface area (Å²) in [6.07, 6.45) is 4.50. The molecule has 4 heteroatoms. The van der Waals surface area contributed by atoms with Crippen LogP contribution in [-0.4, -0.2) is 27.8 Å². The number of aliphatic hydroxyl groups excluding tert-OH is 1. The van der Waals surface area contributed by atoms with Gasteiger partial charge in [-0.1, -0.05) is 0 Å². The molecule has 2 rings (SSSR count). The van der Waals surface area contributed by atoms with E-state index in [1.807, 2.05) is 6.92 Å². The lowest BCUT2D eigenvalue weighted by Crippen LogP contribution is -2.13. The van der Waals surface area contributed by atoms with Crippen molar-refractivity contribution < 1.29 is 9.84 Å². The first-order chi connectivity index (χ1) is 7.66. The second-order valence-corrected chi connectivity index (χ2v) is 4.34. The molecule has 4 nitrogen and oxygen atoms in total. The molecule has 1 aliphatic rings. The molecular weight excluding hydrogens is 204 g/mol. The average Bonchev–Trinajstić information content (AvgIpc) is 2.70. The number of aliphatic hydroxyl groups is 1. The van der Waals surface area contributed by atoms with Gasteiger partial charge >= 0.3 is 0 Å². The van der Waals surface area contributed by atoms with Crippen LogP contribution < -0.4 is 0 Å². The lowest BCUT2D eigenvalue weighted by Gasteiger charge is -2.11. The van der Waals surface area contributed by atoms with Crippen LogP contribution in [0.3, 0.4) is 0 Å². The van der Waals surface area contributed by atoms with E-state index in [-0.39, 0.29) is 6.10 Å². The highest BCUT2D eigenvalue weighted by atomic mass is 16.5. The van der Waals surface area contributed by atoms with Crippen molar-refractivity contribution in [3.05, 3.63) is 23.3 Å². The van der Waals surface area contributed by atoms with Gasteiger partial charge in [-0.3, -0.25) is 0 Å². The first-order valence-corrected chi connectivity index (χ1v) is 5.79. The first-order valence-electron chi connectivity index (χ1n) is 5.79. The van der Waals surface area contributed by atoms with E-state index < -0.39 is 6.10 Å². The number of aromatic nitrogens is 2. The van der Waals surface area contributed by atoms with Gasteiger partial charge in [0.15, 0.2) is 0 Å². The molecule has 1 fully saturated rings. The highest BCUT2D eigenvalue weighted by Gasteiger charge is 2.18. The Hall–Kier alpha value is -1.00. The third-order valence-electron chi connectivity index (χ3n) is 2.95. The topological polar surface area (TPSA) is 55.2 Å². The Morgan fingerprint density at radius 2 is 2.44 bits per heavy atom. The van der Waals surface area contributed by atoms with Crippen LogP contribution in [0.5, 0.6) is 0 Å². The second-order valence-electron chi connectivity index (χ2n) is 4.34. The van der Waals surface area contributed by atoms with Gasteiger partial charge in [0.1, 0.15) is 5.82 Å². The minimum atomic E-state index is -0.503. The van der Waals surface area contributed by atoms with Crippen LogP contribution in [0.15, 0.2) is 6.20 Å². The molecule has 0 amide bonds. The maximum absolute atomic E-state index is 9.47. The van der Waals surface area contributed by atoms with Gasteiger partial charge in [-0.15, -0.1) is 0 Å². The molecule has 0 aliphatic carbocycles. The van der Waals surface area contributed by atoms with Gasteiger partial charge in [-0.25, -0.2) is 9.97 Å². The molecule has 0 spiro atoms. The maximum atomic E-state index is 9.47. The zero-order valence-corrected chi connectivity index (χ0v) is 9.81. The molecular formula is C12H18N2O2. The normalized spacial score (nSPS) is 22.3. The number of rotatable bonds is 3. The summed E-state index contributed by atoms with van der Waals surface area (Å²) >= 11 is 0. The van der Waals surface area contributed by atoms with Gasteiger partial charge in [0.25, 0.3) is 0 Å². The maximum Gasteiger partial charge on any atom is 0.131 e. The fraction of sp³-hybridized carbons (Fsp3) is 0.667. The monoisotopic (exact) mass is 222 g/mol. The van der Waals surface area contributed by atoms with Crippen LogP contribution in [0, 0.1) is 6.92 Å². The van der Waals surface area contributed by atoms with Gasteiger partial charge in [0.2, 0.25) is 0 Å². The van der Waals surface area contributed by atoms with Crippen LogP contribution in [0.25, 0.3) is 0 Å². The summed E-state index contributed by atoms with van der Waals surface area (Å²) < 4.78 is 5.55. The Morgan fingerprint density at radius 1 is 1.62 bits per heavy atom. The van der Waals surface area contributed by atoms with Crippen LogP contribution in [-0.2, 0) is 11.2 Å². The standard InChI is InChI=1S/C12H18N2O2/c1-8-11(9(2)15)7-13-12(14-8)6-10-4-3-5-16-10/h7,9-10,15H,3-6H2,1-2H3/t9-,10?/m1/s1. The van der Waals surface area contributed by atoms with E-state index in [1.165, 1.54) is 0 Å². The number of nitrogens with zero attached hydrogens (tertiary/aromatic N) is 2. The Bertz CT molecular complexity index is 360. The fourth-order valence-electron chi connectivity index (χ4n) is 2.04. The van der Waals surface area contributed by atoms with E-state index in [1.54, 1.807) is 13.1 Å². The van der Waals surface area contributed by atoms with E-state index in [0.717, 1.165) is 43.0 Å². The minimum Gasteiger partial charge on any atom is -0.389 e. The number of ether oxygens (including phenoxy) is 1. The van der Waals surface area contributed by atoms with Crippen molar-refractivity contribution in [3.63, 3.8) is 0 Å². The Morgan fingerprint density at radius 3 is 3.00 bits per heavy atom. The fourth-order valence-corrected chi connectivity index (χ4v) is 2.04. The molecule has 1 N–H and O–H groups in total. The smallest absolute Gasteiger partial charge is 0.131 e. The molecule has 1 aliphatic heterocycles. The van der Waals surface area contributed by atoms with Crippen molar-refractivity contribution >= 4 is 0 Å². The van der Waals surface area contributed by atoms with Gasteiger partial charge in [-0.05, 0) is 26.7 Å². The summed E-state index contributed by atoms with van der Waals surface area (Å²) in [4.78, 5) is 8.68. The minimum absolute atomic E-state index is 0.275. The molecule has 2 atom stereocenters. The quantitative estimate of drug-likeness (QED) is 0.843. The Balaban J connectivity index is 2.08. The molecule has 0 saturated carbocycles. The predicted octanol–water partition coefficient (Wildman–Crippen LogP) is 1.56. The van der Waals surface area contributed by atoms with Gasteiger partial charge < -0.3 is 9.84 Å². The molecule has 0 aromatic carbocycles. The van der Waals surface area contributed by atoms with Crippen LogP contribution >= 0.6 is 0 Å². The van der Waals surface area contributed by atoms with Crippen molar-refractivity contribution in [2.45, 2.75) is 45.3 Å². The zero-order chi connectivity index (χ0) is 11.5. The lowest BCUT2D eigenvalue weighted by molar-refractivity contribution is 0.109. The Labute approximate surface area is 95.7 Å². The van der Waals surface area contributed by atoms with Crippen molar-refractivity contribution in [2.24, 2.45) is 0 Å². The molecule has 1 aromatic heterocycles. The number of hydrogen-bond acceptors (Lipinski definition) is 4. The molecule has 1 aromatic rings. The van der Waals surface area contributed by atoms with Gasteiger partial charge in [0, 0.05) is 30.5 Å². The summed E-state index contributed by atoms with van der Waals surface area (Å²) in [6.45, 7) is 4.49. The zero-order valence-electron chi connectivity index (χ0n) is 9.81. The first kappa shape index (κ1) is 11.5. The molecule has 88 valence electrons. The second kappa shape index (κ2) is 4.89. The Kier molecular flexibility index (Phi) is 3.51. The van der Waals surface area contributed by atoms with Crippen LogP contribution in [0.2, 0.25) is 0 Å². The van der Waals surface area contributed by atoms with E-state index in [9.17, 15) is 5.11 Å². The largest absolute Gasteiger partial charge is 0.389 e. The van der Waals surface area contributed by atoms with E-state index in [2.05, 4.69) is 9.97 Å². The third-order valence-corrected chi connectivity index (χ3v) is 2.95. The van der Waals surface area contributed by atoms with Crippen molar-refractivity contribution in [3.8, 4) is 0 Å². The van der Waals surface area contributed by atoms with Crippen LogP contribution in [0.1, 0.15) is 43.0 Å². The summed E-state index contributed by atoms with van der Waals surface area (Å²) in [5.74, 6) is 0.814. The lowest BCUT2D eigenvalue weighted by atomic mass is 10.1. The molecule has 16 heavy (non-hydrogen) atoms. The van der Waals surface area contributed by atoms with Crippen molar-refractivity contribution in [1.29, 1.82) is 0 Å². The average molecular weight is 222 g/mol. The molecule has 0 radical (unpaired) electrons. The van der Waals surface area contributed by atoms with Crippen molar-refractivity contribution in [1.82, 2.24) is 9.97 Å². The highest BCUT2D eigenvalue weighted by molar-refractivity contribution is 5.18. The number of aryl methyl sites for hydroxylation is 1. The molecule has 1 saturated heterocycles. The number of hydrogen-bond donors (Lipinski definition) is 1. The molecule has 1 unspecified atom stereocenters. The molecule has 2 heterocycles. The summed E-state index contributed by atoms with van der Waals surface area (Å²) in [6, 6.07) is 0. The van der Waals surface area contributed by atoms with Crippen LogP contribution in [0.4, 0.5) is 0 Å². The van der Waals surface area contributed by atoms with Gasteiger partial charge in [0.05, 0.1) is 12.2 Å². The van der Waals surface area contributed by atoms with E-state index in [4.69, 9.17) is 4.74 Å².